The van der Waals surface area contributed by atoms with E-state index in [2.05, 4.69) is 10.2 Å². The van der Waals surface area contributed by atoms with Gasteiger partial charge in [-0.05, 0) is 57.7 Å². The summed E-state index contributed by atoms with van der Waals surface area (Å²) in [4.78, 5) is 2.83. The third-order valence-corrected chi connectivity index (χ3v) is 5.22. The molecule has 1 spiro atoms. The van der Waals surface area contributed by atoms with Crippen LogP contribution in [0.4, 0.5) is 0 Å². The third kappa shape index (κ3) is 2.02. The van der Waals surface area contributed by atoms with Gasteiger partial charge in [0.1, 0.15) is 0 Å². The lowest BCUT2D eigenvalue weighted by Gasteiger charge is -2.43. The average molecular weight is 222 g/mol. The van der Waals surface area contributed by atoms with Crippen molar-refractivity contribution in [3.05, 3.63) is 0 Å². The van der Waals surface area contributed by atoms with Crippen molar-refractivity contribution in [2.45, 2.75) is 56.9 Å². The molecule has 3 aliphatic rings. The molecular formula is C14H26N2. The predicted octanol–water partition coefficient (Wildman–Crippen LogP) is 2.39. The molecule has 2 heteroatoms. The van der Waals surface area contributed by atoms with Crippen LogP contribution in [-0.2, 0) is 0 Å². The Kier molecular flexibility index (Phi) is 3.21. The molecule has 0 radical (unpaired) electrons. The molecule has 16 heavy (non-hydrogen) atoms. The Balaban J connectivity index is 1.55. The number of hydrogen-bond acceptors (Lipinski definition) is 2. The summed E-state index contributed by atoms with van der Waals surface area (Å²) in [6.45, 7) is 5.26. The normalized spacial score (nSPS) is 36.8. The summed E-state index contributed by atoms with van der Waals surface area (Å²) in [5.41, 5.74) is 0.571. The minimum atomic E-state index is 0.571. The van der Waals surface area contributed by atoms with Crippen molar-refractivity contribution in [1.82, 2.24) is 10.2 Å². The van der Waals surface area contributed by atoms with Gasteiger partial charge in [-0.1, -0.05) is 19.3 Å². The van der Waals surface area contributed by atoms with Crippen LogP contribution in [0.1, 0.15) is 51.4 Å². The van der Waals surface area contributed by atoms with E-state index in [0.717, 1.165) is 5.92 Å². The van der Waals surface area contributed by atoms with Gasteiger partial charge in [0, 0.05) is 12.1 Å². The first kappa shape index (κ1) is 11.0. The number of likely N-dealkylation sites (tertiary alicyclic amines) is 1. The van der Waals surface area contributed by atoms with Crippen LogP contribution in [0.25, 0.3) is 0 Å². The fourth-order valence-corrected chi connectivity index (χ4v) is 3.90. The molecule has 2 aliphatic heterocycles. The SMILES string of the molecule is C1CC(CCN2CCCC23CCCNC3)C1. The molecule has 1 atom stereocenters. The molecule has 2 nitrogen and oxygen atoms in total. The minimum Gasteiger partial charge on any atom is -0.315 e. The van der Waals surface area contributed by atoms with Gasteiger partial charge in [-0.3, -0.25) is 4.90 Å². The van der Waals surface area contributed by atoms with Gasteiger partial charge in [0.05, 0.1) is 0 Å². The van der Waals surface area contributed by atoms with Gasteiger partial charge >= 0.3 is 0 Å². The molecular weight excluding hydrogens is 196 g/mol. The fourth-order valence-electron chi connectivity index (χ4n) is 3.90. The van der Waals surface area contributed by atoms with Crippen molar-refractivity contribution in [3.63, 3.8) is 0 Å². The van der Waals surface area contributed by atoms with Crippen molar-refractivity contribution in [3.8, 4) is 0 Å². The number of hydrogen-bond donors (Lipinski definition) is 1. The van der Waals surface area contributed by atoms with Crippen molar-refractivity contribution in [2.24, 2.45) is 5.92 Å². The Morgan fingerprint density at radius 3 is 2.69 bits per heavy atom. The van der Waals surface area contributed by atoms with E-state index >= 15 is 0 Å². The van der Waals surface area contributed by atoms with E-state index in [9.17, 15) is 0 Å². The lowest BCUT2D eigenvalue weighted by molar-refractivity contribution is 0.0923. The summed E-state index contributed by atoms with van der Waals surface area (Å²) in [6.07, 6.45) is 11.7. The van der Waals surface area contributed by atoms with Crippen molar-refractivity contribution in [1.29, 1.82) is 0 Å². The van der Waals surface area contributed by atoms with Crippen LogP contribution in [0.15, 0.2) is 0 Å². The Labute approximate surface area is 99.8 Å². The molecule has 92 valence electrons. The zero-order valence-electron chi connectivity index (χ0n) is 10.5. The summed E-state index contributed by atoms with van der Waals surface area (Å²) in [6, 6.07) is 0. The molecule has 1 unspecified atom stereocenters. The first-order chi connectivity index (χ1) is 7.89. The second-order valence-corrected chi connectivity index (χ2v) is 6.18. The van der Waals surface area contributed by atoms with Crippen LogP contribution in [0.5, 0.6) is 0 Å². The molecule has 0 amide bonds. The second kappa shape index (κ2) is 4.66. The van der Waals surface area contributed by atoms with E-state index in [4.69, 9.17) is 0 Å². The summed E-state index contributed by atoms with van der Waals surface area (Å²) < 4.78 is 0. The van der Waals surface area contributed by atoms with Crippen LogP contribution in [0.2, 0.25) is 0 Å². The quantitative estimate of drug-likeness (QED) is 0.789. The standard InChI is InChI=1S/C14H26N2/c1-4-13(5-1)6-11-16-10-3-8-14(16)7-2-9-15-12-14/h13,15H,1-12H2. The number of nitrogens with zero attached hydrogens (tertiary/aromatic N) is 1. The molecule has 2 saturated heterocycles. The molecule has 0 aromatic carbocycles. The topological polar surface area (TPSA) is 15.3 Å². The van der Waals surface area contributed by atoms with Gasteiger partial charge in [-0.15, -0.1) is 0 Å². The zero-order chi connectivity index (χ0) is 10.8. The molecule has 3 rings (SSSR count). The molecule has 2 heterocycles. The highest BCUT2D eigenvalue weighted by molar-refractivity contribution is 4.99. The molecule has 1 N–H and O–H groups in total. The smallest absolute Gasteiger partial charge is 0.0334 e. The van der Waals surface area contributed by atoms with Gasteiger partial charge in [-0.25, -0.2) is 0 Å². The summed E-state index contributed by atoms with van der Waals surface area (Å²) >= 11 is 0. The lowest BCUT2D eigenvalue weighted by Crippen LogP contribution is -2.54. The van der Waals surface area contributed by atoms with E-state index in [1.54, 1.807) is 0 Å². The molecule has 1 aliphatic carbocycles. The van der Waals surface area contributed by atoms with Crippen LogP contribution in [0, 0.1) is 5.92 Å². The highest BCUT2D eigenvalue weighted by atomic mass is 15.2. The van der Waals surface area contributed by atoms with Crippen LogP contribution in [-0.4, -0.2) is 36.6 Å². The highest BCUT2D eigenvalue weighted by Gasteiger charge is 2.41. The van der Waals surface area contributed by atoms with E-state index in [-0.39, 0.29) is 0 Å². The summed E-state index contributed by atoms with van der Waals surface area (Å²) in [5, 5.41) is 3.62. The second-order valence-electron chi connectivity index (χ2n) is 6.18. The third-order valence-electron chi connectivity index (χ3n) is 5.22. The van der Waals surface area contributed by atoms with Gasteiger partial charge in [0.2, 0.25) is 0 Å². The van der Waals surface area contributed by atoms with Crippen LogP contribution in [0.3, 0.4) is 0 Å². The van der Waals surface area contributed by atoms with Gasteiger partial charge in [0.15, 0.2) is 0 Å². The molecule has 0 bridgehead atoms. The minimum absolute atomic E-state index is 0.571. The molecule has 3 fully saturated rings. The monoisotopic (exact) mass is 222 g/mol. The van der Waals surface area contributed by atoms with E-state index < -0.39 is 0 Å². The number of nitrogens with one attached hydrogen (secondary N) is 1. The Morgan fingerprint density at radius 1 is 1.12 bits per heavy atom. The van der Waals surface area contributed by atoms with E-state index in [0.29, 0.717) is 5.54 Å². The molecule has 0 aromatic rings. The van der Waals surface area contributed by atoms with E-state index in [1.807, 2.05) is 0 Å². The fraction of sp³-hybridized carbons (Fsp3) is 1.00. The van der Waals surface area contributed by atoms with Crippen molar-refractivity contribution in [2.75, 3.05) is 26.2 Å². The maximum absolute atomic E-state index is 3.62. The summed E-state index contributed by atoms with van der Waals surface area (Å²) in [7, 11) is 0. The van der Waals surface area contributed by atoms with Crippen LogP contribution >= 0.6 is 0 Å². The lowest BCUT2D eigenvalue weighted by atomic mass is 9.82. The van der Waals surface area contributed by atoms with Crippen molar-refractivity contribution >= 4 is 0 Å². The summed E-state index contributed by atoms with van der Waals surface area (Å²) in [5.74, 6) is 1.08. The Morgan fingerprint density at radius 2 is 2.00 bits per heavy atom. The predicted molar refractivity (Wildman–Crippen MR) is 67.6 cm³/mol. The molecule has 1 saturated carbocycles. The maximum atomic E-state index is 3.62. The zero-order valence-corrected chi connectivity index (χ0v) is 10.5. The number of piperidine rings is 1. The van der Waals surface area contributed by atoms with E-state index in [1.165, 1.54) is 77.5 Å². The first-order valence-electron chi connectivity index (χ1n) is 7.35. The number of rotatable bonds is 3. The molecule has 0 aromatic heterocycles. The van der Waals surface area contributed by atoms with Gasteiger partial charge < -0.3 is 5.32 Å². The van der Waals surface area contributed by atoms with Crippen LogP contribution < -0.4 is 5.32 Å². The first-order valence-corrected chi connectivity index (χ1v) is 7.35. The van der Waals surface area contributed by atoms with Gasteiger partial charge in [-0.2, -0.15) is 0 Å². The average Bonchev–Trinajstić information content (AvgIpc) is 2.61. The Hall–Kier alpha value is -0.0800. The van der Waals surface area contributed by atoms with Crippen molar-refractivity contribution < 1.29 is 0 Å². The largest absolute Gasteiger partial charge is 0.315 e. The maximum Gasteiger partial charge on any atom is 0.0334 e. The Bertz CT molecular complexity index is 229. The highest BCUT2D eigenvalue weighted by Crippen LogP contribution is 2.36. The van der Waals surface area contributed by atoms with Gasteiger partial charge in [0.25, 0.3) is 0 Å².